The van der Waals surface area contributed by atoms with Crippen LogP contribution in [0, 0.1) is 5.92 Å². The van der Waals surface area contributed by atoms with Gasteiger partial charge in [0.15, 0.2) is 0 Å². The van der Waals surface area contributed by atoms with E-state index in [0.717, 1.165) is 17.2 Å². The summed E-state index contributed by atoms with van der Waals surface area (Å²) in [5.74, 6) is 4.48. The van der Waals surface area contributed by atoms with E-state index in [1.165, 1.54) is 7.05 Å². The van der Waals surface area contributed by atoms with E-state index in [1.807, 2.05) is 0 Å². The molecule has 3 N–H and O–H groups in total. The smallest absolute Gasteiger partial charge is 0.261 e. The van der Waals surface area contributed by atoms with E-state index < -0.39 is 11.9 Å². The fourth-order valence-corrected chi connectivity index (χ4v) is 1.24. The van der Waals surface area contributed by atoms with Crippen LogP contribution in [-0.4, -0.2) is 36.2 Å². The number of likely N-dealkylation sites (N-methyl/N-ethyl adjacent to an activating group) is 1. The Hall–Kier alpha value is -1.69. The van der Waals surface area contributed by atoms with Crippen molar-refractivity contribution in [2.24, 2.45) is 11.8 Å². The average Bonchev–Trinajstić information content (AvgIpc) is 2.24. The number of hydrogen-bond acceptors (Lipinski definition) is 4. The molecular weight excluding hydrogens is 210 g/mol. The maximum absolute atomic E-state index is 11.5. The molecular formula is C10H17N3O3. The first-order valence-corrected chi connectivity index (χ1v) is 4.87. The highest BCUT2D eigenvalue weighted by atomic mass is 16.2. The number of amides is 2. The highest BCUT2D eigenvalue weighted by molar-refractivity contribution is 5.94. The van der Waals surface area contributed by atoms with Gasteiger partial charge in [-0.2, -0.15) is 0 Å². The Labute approximate surface area is 94.4 Å². The normalized spacial score (nSPS) is 12.6. The summed E-state index contributed by atoms with van der Waals surface area (Å²) in [4.78, 5) is 33.0. The van der Waals surface area contributed by atoms with Crippen LogP contribution in [0.25, 0.3) is 0 Å². The Morgan fingerprint density at radius 3 is 2.31 bits per heavy atom. The zero-order valence-electron chi connectivity index (χ0n) is 9.64. The molecule has 0 fully saturated rings. The molecule has 16 heavy (non-hydrogen) atoms. The van der Waals surface area contributed by atoms with Crippen LogP contribution in [0.2, 0.25) is 0 Å². The number of rotatable bonds is 5. The van der Waals surface area contributed by atoms with Crippen LogP contribution in [0.4, 0.5) is 0 Å². The number of carbonyl (C=O) groups excluding carboxylic acids is 3. The van der Waals surface area contributed by atoms with E-state index >= 15 is 0 Å². The number of carbonyl (C=O) groups is 3. The third kappa shape index (κ3) is 3.82. The first kappa shape index (κ1) is 14.3. The van der Waals surface area contributed by atoms with Gasteiger partial charge in [-0.1, -0.05) is 13.8 Å². The third-order valence-electron chi connectivity index (χ3n) is 2.02. The molecule has 6 nitrogen and oxygen atoms in total. The van der Waals surface area contributed by atoms with E-state index in [1.54, 1.807) is 13.8 Å². The van der Waals surface area contributed by atoms with Crippen molar-refractivity contribution < 1.29 is 14.4 Å². The molecule has 6 heteroatoms. The number of aldehydes is 1. The molecule has 0 radical (unpaired) electrons. The van der Waals surface area contributed by atoms with Crippen LogP contribution in [-0.2, 0) is 14.4 Å². The fraction of sp³-hybridized carbons (Fsp3) is 0.500. The lowest BCUT2D eigenvalue weighted by Gasteiger charge is -2.27. The van der Waals surface area contributed by atoms with Gasteiger partial charge < -0.3 is 5.32 Å². The van der Waals surface area contributed by atoms with E-state index in [9.17, 15) is 14.4 Å². The molecule has 0 aromatic carbocycles. The second-order valence-corrected chi connectivity index (χ2v) is 3.54. The van der Waals surface area contributed by atoms with Crippen molar-refractivity contribution in [3.63, 3.8) is 0 Å². The van der Waals surface area contributed by atoms with Gasteiger partial charge in [0.1, 0.15) is 12.3 Å². The topological polar surface area (TPSA) is 92.5 Å². The Balaban J connectivity index is 4.80. The van der Waals surface area contributed by atoms with Gasteiger partial charge in [0.05, 0.1) is 0 Å². The minimum Gasteiger partial charge on any atom is -0.357 e. The predicted octanol–water partition coefficient (Wildman–Crippen LogP) is -0.786. The third-order valence-corrected chi connectivity index (χ3v) is 2.02. The molecule has 2 amide bonds. The van der Waals surface area contributed by atoms with Gasteiger partial charge in [0.2, 0.25) is 5.91 Å². The molecule has 1 atom stereocenters. The number of allylic oxidation sites excluding steroid dienone is 1. The molecule has 0 saturated carbocycles. The van der Waals surface area contributed by atoms with Gasteiger partial charge in [0.25, 0.3) is 5.91 Å². The van der Waals surface area contributed by atoms with Crippen molar-refractivity contribution in [2.75, 3.05) is 7.05 Å². The van der Waals surface area contributed by atoms with Crippen molar-refractivity contribution in [2.45, 2.75) is 19.9 Å². The van der Waals surface area contributed by atoms with Crippen LogP contribution < -0.4 is 11.2 Å². The summed E-state index contributed by atoms with van der Waals surface area (Å²) in [5, 5.41) is 3.25. The minimum absolute atomic E-state index is 0.126. The molecule has 0 aromatic heterocycles. The predicted molar refractivity (Wildman–Crippen MR) is 58.9 cm³/mol. The Bertz CT molecular complexity index is 300. The summed E-state index contributed by atoms with van der Waals surface area (Å²) in [7, 11) is 1.47. The molecule has 0 aliphatic heterocycles. The van der Waals surface area contributed by atoms with E-state index in [0.29, 0.717) is 6.29 Å². The number of nitrogens with two attached hydrogens (primary N) is 1. The Morgan fingerprint density at radius 2 is 1.94 bits per heavy atom. The maximum atomic E-state index is 11.5. The summed E-state index contributed by atoms with van der Waals surface area (Å²) in [6.45, 7) is 3.55. The van der Waals surface area contributed by atoms with Crippen molar-refractivity contribution in [1.29, 1.82) is 0 Å². The van der Waals surface area contributed by atoms with Crippen LogP contribution in [0.3, 0.4) is 0 Å². The molecule has 0 heterocycles. The second-order valence-electron chi connectivity index (χ2n) is 3.54. The highest BCUT2D eigenvalue weighted by Crippen LogP contribution is 2.08. The second kappa shape index (κ2) is 6.73. The van der Waals surface area contributed by atoms with Gasteiger partial charge >= 0.3 is 0 Å². The first-order chi connectivity index (χ1) is 7.45. The van der Waals surface area contributed by atoms with Gasteiger partial charge in [-0.15, -0.1) is 0 Å². The van der Waals surface area contributed by atoms with Crippen LogP contribution in [0.1, 0.15) is 13.8 Å². The molecule has 0 aliphatic rings. The van der Waals surface area contributed by atoms with Crippen molar-refractivity contribution in [3.8, 4) is 0 Å². The van der Waals surface area contributed by atoms with Crippen molar-refractivity contribution in [1.82, 2.24) is 10.3 Å². The van der Waals surface area contributed by atoms with E-state index in [4.69, 9.17) is 5.84 Å². The molecule has 0 aromatic rings. The lowest BCUT2D eigenvalue weighted by Crippen LogP contribution is -2.54. The Kier molecular flexibility index (Phi) is 6.02. The molecule has 0 bridgehead atoms. The molecule has 0 rings (SSSR count). The number of nitrogens with zero attached hydrogens (tertiary/aromatic N) is 1. The fourth-order valence-electron chi connectivity index (χ4n) is 1.24. The summed E-state index contributed by atoms with van der Waals surface area (Å²) in [5.41, 5.74) is 0. The molecule has 0 spiro atoms. The summed E-state index contributed by atoms with van der Waals surface area (Å²) < 4.78 is 0. The average molecular weight is 227 g/mol. The Morgan fingerprint density at radius 1 is 1.38 bits per heavy atom. The maximum Gasteiger partial charge on any atom is 0.261 e. The molecule has 0 aliphatic carbocycles. The largest absolute Gasteiger partial charge is 0.357 e. The van der Waals surface area contributed by atoms with Gasteiger partial charge in [-0.25, -0.2) is 5.84 Å². The quantitative estimate of drug-likeness (QED) is 0.212. The van der Waals surface area contributed by atoms with Crippen LogP contribution >= 0.6 is 0 Å². The minimum atomic E-state index is -0.756. The van der Waals surface area contributed by atoms with Gasteiger partial charge in [0, 0.05) is 13.1 Å². The number of hydrazine groups is 1. The van der Waals surface area contributed by atoms with Crippen LogP contribution in [0.5, 0.6) is 0 Å². The van der Waals surface area contributed by atoms with Gasteiger partial charge in [-0.05, 0) is 12.0 Å². The van der Waals surface area contributed by atoms with Gasteiger partial charge in [-0.3, -0.25) is 19.4 Å². The molecule has 0 saturated heterocycles. The summed E-state index contributed by atoms with van der Waals surface area (Å²) in [6, 6.07) is -0.756. The lowest BCUT2D eigenvalue weighted by molar-refractivity contribution is -0.138. The summed E-state index contributed by atoms with van der Waals surface area (Å²) in [6.07, 6.45) is 2.52. The van der Waals surface area contributed by atoms with Crippen LogP contribution in [0.15, 0.2) is 12.2 Å². The SMILES string of the molecule is CNC(=O)[C@H](C(C)C)N(N)C(=O)/C=C\C=O. The first-order valence-electron chi connectivity index (χ1n) is 4.87. The lowest BCUT2D eigenvalue weighted by atomic mass is 10.0. The van der Waals surface area contributed by atoms with E-state index in [-0.39, 0.29) is 11.8 Å². The summed E-state index contributed by atoms with van der Waals surface area (Å²) >= 11 is 0. The number of nitrogens with one attached hydrogen (secondary N) is 1. The van der Waals surface area contributed by atoms with Crippen molar-refractivity contribution >= 4 is 18.1 Å². The monoisotopic (exact) mass is 227 g/mol. The van der Waals surface area contributed by atoms with Crippen molar-refractivity contribution in [3.05, 3.63) is 12.2 Å². The molecule has 0 unspecified atom stereocenters. The standard InChI is InChI=1S/C10H17N3O3/c1-7(2)9(10(16)12-3)13(11)8(15)5-4-6-14/h4-7,9H,11H2,1-3H3,(H,12,16)/b5-4-/t9-/m0/s1. The highest BCUT2D eigenvalue weighted by Gasteiger charge is 2.28. The van der Waals surface area contributed by atoms with E-state index in [2.05, 4.69) is 5.32 Å². The molecule has 90 valence electrons. The zero-order chi connectivity index (χ0) is 12.7. The number of hydrogen-bond donors (Lipinski definition) is 2. The zero-order valence-corrected chi connectivity index (χ0v) is 9.64.